The van der Waals surface area contributed by atoms with Gasteiger partial charge in [0.15, 0.2) is 5.60 Å². The van der Waals surface area contributed by atoms with Gasteiger partial charge in [-0.3, -0.25) is 19.7 Å². The fraction of sp³-hybridized carbons (Fsp3) is 0.348. The van der Waals surface area contributed by atoms with Crippen molar-refractivity contribution in [3.05, 3.63) is 82.6 Å². The van der Waals surface area contributed by atoms with Gasteiger partial charge in [-0.1, -0.05) is 12.1 Å². The summed E-state index contributed by atoms with van der Waals surface area (Å²) >= 11 is 1.66. The van der Waals surface area contributed by atoms with Crippen LogP contribution in [0.3, 0.4) is 0 Å². The zero-order valence-corrected chi connectivity index (χ0v) is 17.5. The van der Waals surface area contributed by atoms with Gasteiger partial charge in [0, 0.05) is 63.4 Å². The molecule has 6 nitrogen and oxygen atoms in total. The third-order valence-electron chi connectivity index (χ3n) is 6.00. The number of thiophene rings is 1. The van der Waals surface area contributed by atoms with Crippen LogP contribution in [-0.2, 0) is 22.6 Å². The van der Waals surface area contributed by atoms with Crippen LogP contribution in [0.15, 0.2) is 65.9 Å². The van der Waals surface area contributed by atoms with E-state index in [1.54, 1.807) is 23.7 Å². The standard InChI is InChI=1S/C23H24N4O2S/c28-22-23(29-9-8-27(22)14-19-5-10-30-16-19)17-26(13-18-3-1-6-24-11-18)15-21(23)20-4-2-7-25-12-20/h1-7,10-12,16,21H,8-9,13-15,17H2. The number of rotatable bonds is 5. The zero-order chi connectivity index (χ0) is 20.4. The highest BCUT2D eigenvalue weighted by Gasteiger charge is 2.56. The predicted molar refractivity (Wildman–Crippen MR) is 115 cm³/mol. The summed E-state index contributed by atoms with van der Waals surface area (Å²) < 4.78 is 6.35. The van der Waals surface area contributed by atoms with Gasteiger partial charge in [0.25, 0.3) is 5.91 Å². The molecule has 1 spiro atoms. The maximum atomic E-state index is 13.8. The van der Waals surface area contributed by atoms with Crippen LogP contribution in [0.2, 0.25) is 0 Å². The van der Waals surface area contributed by atoms with Gasteiger partial charge in [-0.2, -0.15) is 11.3 Å². The molecule has 1 amide bonds. The molecule has 2 saturated heterocycles. The molecule has 0 aliphatic carbocycles. The fourth-order valence-electron chi connectivity index (χ4n) is 4.63. The Morgan fingerprint density at radius 3 is 2.70 bits per heavy atom. The number of amides is 1. The Bertz CT molecular complexity index is 983. The minimum atomic E-state index is -0.875. The molecule has 30 heavy (non-hydrogen) atoms. The number of hydrogen-bond acceptors (Lipinski definition) is 6. The second-order valence-corrected chi connectivity index (χ2v) is 8.75. The van der Waals surface area contributed by atoms with Crippen molar-refractivity contribution in [3.8, 4) is 0 Å². The van der Waals surface area contributed by atoms with Crippen LogP contribution in [0.5, 0.6) is 0 Å². The highest BCUT2D eigenvalue weighted by Crippen LogP contribution is 2.42. The first-order chi connectivity index (χ1) is 14.7. The molecule has 2 aliphatic heterocycles. The van der Waals surface area contributed by atoms with Crippen molar-refractivity contribution in [2.45, 2.75) is 24.6 Å². The molecule has 2 atom stereocenters. The summed E-state index contributed by atoms with van der Waals surface area (Å²) in [6.07, 6.45) is 7.30. The number of carbonyl (C=O) groups excluding carboxylic acids is 1. The van der Waals surface area contributed by atoms with E-state index >= 15 is 0 Å². The van der Waals surface area contributed by atoms with E-state index in [1.165, 1.54) is 5.56 Å². The maximum Gasteiger partial charge on any atom is 0.257 e. The molecular formula is C23H24N4O2S. The predicted octanol–water partition coefficient (Wildman–Crippen LogP) is 2.94. The topological polar surface area (TPSA) is 58.6 Å². The second kappa shape index (κ2) is 8.26. The van der Waals surface area contributed by atoms with Gasteiger partial charge in [-0.15, -0.1) is 0 Å². The van der Waals surface area contributed by atoms with Crippen molar-refractivity contribution in [2.24, 2.45) is 0 Å². The third kappa shape index (κ3) is 3.64. The first kappa shape index (κ1) is 19.4. The Morgan fingerprint density at radius 1 is 1.10 bits per heavy atom. The largest absolute Gasteiger partial charge is 0.361 e. The molecular weight excluding hydrogens is 396 g/mol. The van der Waals surface area contributed by atoms with E-state index in [1.807, 2.05) is 29.4 Å². The molecule has 7 heteroatoms. The minimum absolute atomic E-state index is 0.0550. The number of carbonyl (C=O) groups is 1. The zero-order valence-electron chi connectivity index (χ0n) is 16.7. The molecule has 5 rings (SSSR count). The van der Waals surface area contributed by atoms with E-state index < -0.39 is 5.60 Å². The summed E-state index contributed by atoms with van der Waals surface area (Å²) in [5.74, 6) is 0.0307. The summed E-state index contributed by atoms with van der Waals surface area (Å²) in [5.41, 5.74) is 2.49. The maximum absolute atomic E-state index is 13.8. The highest BCUT2D eigenvalue weighted by atomic mass is 32.1. The van der Waals surface area contributed by atoms with E-state index in [-0.39, 0.29) is 11.8 Å². The first-order valence-electron chi connectivity index (χ1n) is 10.2. The van der Waals surface area contributed by atoms with E-state index in [0.717, 1.165) is 24.2 Å². The number of ether oxygens (including phenoxy) is 1. The molecule has 2 unspecified atom stereocenters. The summed E-state index contributed by atoms with van der Waals surface area (Å²) in [6.45, 7) is 3.87. The Labute approximate surface area is 180 Å². The van der Waals surface area contributed by atoms with Gasteiger partial charge in [-0.05, 0) is 45.6 Å². The molecule has 0 bridgehead atoms. The first-order valence-corrected chi connectivity index (χ1v) is 11.1. The lowest BCUT2D eigenvalue weighted by Crippen LogP contribution is -2.59. The smallest absolute Gasteiger partial charge is 0.257 e. The van der Waals surface area contributed by atoms with Crippen LogP contribution in [0.1, 0.15) is 22.6 Å². The fourth-order valence-corrected chi connectivity index (χ4v) is 5.29. The molecule has 0 aromatic carbocycles. The van der Waals surface area contributed by atoms with Crippen LogP contribution in [0.4, 0.5) is 0 Å². The SMILES string of the molecule is O=C1N(Cc2ccsc2)CCOC12CN(Cc1cccnc1)CC2c1cccnc1. The monoisotopic (exact) mass is 420 g/mol. The van der Waals surface area contributed by atoms with Gasteiger partial charge in [0.1, 0.15) is 0 Å². The Hall–Kier alpha value is -2.61. The molecule has 0 N–H and O–H groups in total. The number of morpholine rings is 1. The Morgan fingerprint density at radius 2 is 1.97 bits per heavy atom. The van der Waals surface area contributed by atoms with Gasteiger partial charge in [-0.25, -0.2) is 0 Å². The molecule has 2 fully saturated rings. The third-order valence-corrected chi connectivity index (χ3v) is 6.73. The Balaban J connectivity index is 1.45. The minimum Gasteiger partial charge on any atom is -0.361 e. The van der Waals surface area contributed by atoms with Crippen molar-refractivity contribution in [2.75, 3.05) is 26.2 Å². The Kier molecular flexibility index (Phi) is 5.33. The van der Waals surface area contributed by atoms with Crippen molar-refractivity contribution >= 4 is 17.2 Å². The number of likely N-dealkylation sites (tertiary alicyclic amines) is 1. The van der Waals surface area contributed by atoms with Crippen molar-refractivity contribution in [3.63, 3.8) is 0 Å². The summed E-state index contributed by atoms with van der Waals surface area (Å²) in [7, 11) is 0. The second-order valence-electron chi connectivity index (χ2n) is 7.97. The number of hydrogen-bond donors (Lipinski definition) is 0. The number of nitrogens with zero attached hydrogens (tertiary/aromatic N) is 4. The number of aromatic nitrogens is 2. The average molecular weight is 421 g/mol. The van der Waals surface area contributed by atoms with Crippen LogP contribution in [0.25, 0.3) is 0 Å². The molecule has 5 heterocycles. The molecule has 0 radical (unpaired) electrons. The summed E-state index contributed by atoms with van der Waals surface area (Å²) in [5, 5.41) is 4.16. The summed E-state index contributed by atoms with van der Waals surface area (Å²) in [4.78, 5) is 26.6. The van der Waals surface area contributed by atoms with Gasteiger partial charge < -0.3 is 9.64 Å². The van der Waals surface area contributed by atoms with Crippen molar-refractivity contribution in [1.29, 1.82) is 0 Å². The van der Waals surface area contributed by atoms with Crippen LogP contribution in [-0.4, -0.2) is 57.5 Å². The van der Waals surface area contributed by atoms with E-state index in [4.69, 9.17) is 4.74 Å². The van der Waals surface area contributed by atoms with Crippen molar-refractivity contribution in [1.82, 2.24) is 19.8 Å². The van der Waals surface area contributed by atoms with Crippen LogP contribution >= 0.6 is 11.3 Å². The lowest BCUT2D eigenvalue weighted by Gasteiger charge is -2.42. The molecule has 3 aromatic rings. The quantitative estimate of drug-likeness (QED) is 0.635. The number of pyridine rings is 2. The molecule has 3 aromatic heterocycles. The van der Waals surface area contributed by atoms with E-state index in [2.05, 4.69) is 43.8 Å². The van der Waals surface area contributed by atoms with Gasteiger partial charge in [0.2, 0.25) is 0 Å². The molecule has 154 valence electrons. The van der Waals surface area contributed by atoms with Crippen LogP contribution in [0, 0.1) is 0 Å². The van der Waals surface area contributed by atoms with E-state index in [9.17, 15) is 4.79 Å². The molecule has 2 aliphatic rings. The van der Waals surface area contributed by atoms with Gasteiger partial charge in [0.05, 0.1) is 6.61 Å². The van der Waals surface area contributed by atoms with Crippen molar-refractivity contribution < 1.29 is 9.53 Å². The highest BCUT2D eigenvalue weighted by molar-refractivity contribution is 7.07. The lowest BCUT2D eigenvalue weighted by atomic mass is 9.83. The van der Waals surface area contributed by atoms with Gasteiger partial charge >= 0.3 is 0 Å². The lowest BCUT2D eigenvalue weighted by molar-refractivity contribution is -0.173. The van der Waals surface area contributed by atoms with Crippen LogP contribution < -0.4 is 0 Å². The summed E-state index contributed by atoms with van der Waals surface area (Å²) in [6, 6.07) is 10.1. The molecule has 0 saturated carbocycles. The van der Waals surface area contributed by atoms with E-state index in [0.29, 0.717) is 26.2 Å². The average Bonchev–Trinajstić information content (AvgIpc) is 3.41. The normalized spacial score (nSPS) is 24.6.